The van der Waals surface area contributed by atoms with E-state index in [4.69, 9.17) is 5.11 Å². The Kier molecular flexibility index (Phi) is 4.14. The van der Waals surface area contributed by atoms with Gasteiger partial charge in [0.15, 0.2) is 0 Å². The quantitative estimate of drug-likeness (QED) is 0.888. The molecule has 1 N–H and O–H groups in total. The van der Waals surface area contributed by atoms with Gasteiger partial charge in [-0.2, -0.15) is 0 Å². The average molecular weight is 262 g/mol. The van der Waals surface area contributed by atoms with Gasteiger partial charge in [0.1, 0.15) is 0 Å². The van der Waals surface area contributed by atoms with Crippen LogP contribution in [0.25, 0.3) is 0 Å². The summed E-state index contributed by atoms with van der Waals surface area (Å²) < 4.78 is 0. The molecule has 1 fully saturated rings. The second kappa shape index (κ2) is 5.82. The minimum Gasteiger partial charge on any atom is -0.481 e. The van der Waals surface area contributed by atoms with E-state index in [1.807, 2.05) is 19.1 Å². The van der Waals surface area contributed by atoms with Gasteiger partial charge in [-0.05, 0) is 31.4 Å². The number of likely N-dealkylation sites (tertiary alicyclic amines) is 1. The van der Waals surface area contributed by atoms with Crippen LogP contribution in [0.5, 0.6) is 0 Å². The highest BCUT2D eigenvalue weighted by molar-refractivity contribution is 5.79. The first-order valence-corrected chi connectivity index (χ1v) is 6.51. The molecule has 5 heteroatoms. The van der Waals surface area contributed by atoms with E-state index in [2.05, 4.69) is 4.98 Å². The number of pyridine rings is 1. The summed E-state index contributed by atoms with van der Waals surface area (Å²) in [5, 5.41) is 9.04. The summed E-state index contributed by atoms with van der Waals surface area (Å²) in [5.74, 6) is -1.21. The van der Waals surface area contributed by atoms with Crippen LogP contribution >= 0.6 is 0 Å². The van der Waals surface area contributed by atoms with Gasteiger partial charge in [-0.1, -0.05) is 6.07 Å². The van der Waals surface area contributed by atoms with Gasteiger partial charge in [0, 0.05) is 31.4 Å². The standard InChI is InChI=1S/C14H18N2O3/c1-10-12(14(18)19)6-8-16(10)13(17)5-4-11-3-2-7-15-9-11/h2-3,7,9-10,12H,4-6,8H2,1H3,(H,18,19). The molecule has 1 saturated heterocycles. The van der Waals surface area contributed by atoms with Gasteiger partial charge in [0.25, 0.3) is 0 Å². The first kappa shape index (κ1) is 13.5. The van der Waals surface area contributed by atoms with E-state index in [0.717, 1.165) is 5.56 Å². The van der Waals surface area contributed by atoms with E-state index in [1.165, 1.54) is 0 Å². The van der Waals surface area contributed by atoms with Crippen LogP contribution in [-0.2, 0) is 16.0 Å². The number of rotatable bonds is 4. The lowest BCUT2D eigenvalue weighted by atomic mass is 10.0. The third-order valence-electron chi connectivity index (χ3n) is 3.74. The number of carbonyl (C=O) groups is 2. The van der Waals surface area contributed by atoms with Gasteiger partial charge < -0.3 is 10.0 Å². The summed E-state index contributed by atoms with van der Waals surface area (Å²) in [7, 11) is 0. The van der Waals surface area contributed by atoms with Crippen molar-refractivity contribution in [2.24, 2.45) is 5.92 Å². The highest BCUT2D eigenvalue weighted by atomic mass is 16.4. The molecule has 2 rings (SSSR count). The molecule has 1 aromatic heterocycles. The molecule has 1 amide bonds. The molecule has 1 aliphatic heterocycles. The van der Waals surface area contributed by atoms with E-state index in [0.29, 0.717) is 25.8 Å². The van der Waals surface area contributed by atoms with Gasteiger partial charge >= 0.3 is 5.97 Å². The fraction of sp³-hybridized carbons (Fsp3) is 0.500. The van der Waals surface area contributed by atoms with Crippen LogP contribution in [0.1, 0.15) is 25.3 Å². The number of carbonyl (C=O) groups excluding carboxylic acids is 1. The molecular weight excluding hydrogens is 244 g/mol. The SMILES string of the molecule is CC1C(C(=O)O)CCN1C(=O)CCc1cccnc1. The summed E-state index contributed by atoms with van der Waals surface area (Å²) >= 11 is 0. The highest BCUT2D eigenvalue weighted by Crippen LogP contribution is 2.25. The highest BCUT2D eigenvalue weighted by Gasteiger charge is 2.37. The molecule has 0 spiro atoms. The summed E-state index contributed by atoms with van der Waals surface area (Å²) in [6, 6.07) is 3.57. The Hall–Kier alpha value is -1.91. The molecule has 0 bridgehead atoms. The monoisotopic (exact) mass is 262 g/mol. The molecule has 2 atom stereocenters. The van der Waals surface area contributed by atoms with E-state index >= 15 is 0 Å². The van der Waals surface area contributed by atoms with Gasteiger partial charge in [0.2, 0.25) is 5.91 Å². The Morgan fingerprint density at radius 2 is 2.32 bits per heavy atom. The van der Waals surface area contributed by atoms with Crippen molar-refractivity contribution in [2.75, 3.05) is 6.54 Å². The molecule has 5 nitrogen and oxygen atoms in total. The fourth-order valence-electron chi connectivity index (χ4n) is 2.56. The lowest BCUT2D eigenvalue weighted by molar-refractivity contribution is -0.143. The molecule has 0 aliphatic carbocycles. The number of nitrogens with zero attached hydrogens (tertiary/aromatic N) is 2. The number of aliphatic carboxylic acids is 1. The molecule has 2 unspecified atom stereocenters. The average Bonchev–Trinajstić information content (AvgIpc) is 2.79. The topological polar surface area (TPSA) is 70.5 Å². The maximum absolute atomic E-state index is 12.1. The molecule has 1 aromatic rings. The van der Waals surface area contributed by atoms with Crippen LogP contribution in [0.15, 0.2) is 24.5 Å². The van der Waals surface area contributed by atoms with Crippen molar-refractivity contribution in [3.05, 3.63) is 30.1 Å². The smallest absolute Gasteiger partial charge is 0.308 e. The molecule has 19 heavy (non-hydrogen) atoms. The number of hydrogen-bond donors (Lipinski definition) is 1. The van der Waals surface area contributed by atoms with Crippen LogP contribution in [0, 0.1) is 5.92 Å². The number of carboxylic acid groups (broad SMARTS) is 1. The number of aryl methyl sites for hydroxylation is 1. The van der Waals surface area contributed by atoms with Crippen LogP contribution in [0.4, 0.5) is 0 Å². The van der Waals surface area contributed by atoms with Gasteiger partial charge in [-0.15, -0.1) is 0 Å². The Balaban J connectivity index is 1.89. The summed E-state index contributed by atoms with van der Waals surface area (Å²) in [6.45, 7) is 2.36. The summed E-state index contributed by atoms with van der Waals surface area (Å²) in [6.07, 6.45) is 5.05. The van der Waals surface area contributed by atoms with Crippen molar-refractivity contribution in [1.29, 1.82) is 0 Å². The molecule has 2 heterocycles. The number of hydrogen-bond acceptors (Lipinski definition) is 3. The number of aromatic nitrogens is 1. The Labute approximate surface area is 112 Å². The lowest BCUT2D eigenvalue weighted by Crippen LogP contribution is -2.37. The van der Waals surface area contributed by atoms with Crippen molar-refractivity contribution >= 4 is 11.9 Å². The third-order valence-corrected chi connectivity index (χ3v) is 3.74. The summed E-state index contributed by atoms with van der Waals surface area (Å²) in [4.78, 5) is 28.8. The second-order valence-corrected chi connectivity index (χ2v) is 4.92. The molecule has 1 aliphatic rings. The number of carboxylic acids is 1. The van der Waals surface area contributed by atoms with Crippen LogP contribution in [0.2, 0.25) is 0 Å². The Morgan fingerprint density at radius 3 is 2.89 bits per heavy atom. The third kappa shape index (κ3) is 3.10. The van der Waals surface area contributed by atoms with Crippen molar-refractivity contribution in [3.63, 3.8) is 0 Å². The van der Waals surface area contributed by atoms with Crippen LogP contribution < -0.4 is 0 Å². The maximum Gasteiger partial charge on any atom is 0.308 e. The molecule has 0 radical (unpaired) electrons. The minimum absolute atomic E-state index is 0.0279. The number of amides is 1. The molecule has 102 valence electrons. The van der Waals surface area contributed by atoms with Crippen molar-refractivity contribution in [1.82, 2.24) is 9.88 Å². The lowest BCUT2D eigenvalue weighted by Gasteiger charge is -2.23. The van der Waals surface area contributed by atoms with E-state index < -0.39 is 11.9 Å². The van der Waals surface area contributed by atoms with Crippen LogP contribution in [0.3, 0.4) is 0 Å². The maximum atomic E-state index is 12.1. The van der Waals surface area contributed by atoms with Gasteiger partial charge in [-0.25, -0.2) is 0 Å². The summed E-state index contributed by atoms with van der Waals surface area (Å²) in [5.41, 5.74) is 1.03. The van der Waals surface area contributed by atoms with Crippen LogP contribution in [-0.4, -0.2) is 39.5 Å². The Bertz CT molecular complexity index is 461. The van der Waals surface area contributed by atoms with Crippen molar-refractivity contribution in [2.45, 2.75) is 32.2 Å². The first-order chi connectivity index (χ1) is 9.09. The van der Waals surface area contributed by atoms with Crippen molar-refractivity contribution in [3.8, 4) is 0 Å². The Morgan fingerprint density at radius 1 is 1.53 bits per heavy atom. The molecule has 0 aromatic carbocycles. The zero-order chi connectivity index (χ0) is 13.8. The zero-order valence-corrected chi connectivity index (χ0v) is 11.0. The predicted molar refractivity (Wildman–Crippen MR) is 69.5 cm³/mol. The molecule has 0 saturated carbocycles. The molecular formula is C14H18N2O3. The normalized spacial score (nSPS) is 22.5. The first-order valence-electron chi connectivity index (χ1n) is 6.51. The van der Waals surface area contributed by atoms with Gasteiger partial charge in [-0.3, -0.25) is 14.6 Å². The van der Waals surface area contributed by atoms with E-state index in [1.54, 1.807) is 17.3 Å². The largest absolute Gasteiger partial charge is 0.481 e. The zero-order valence-electron chi connectivity index (χ0n) is 11.0. The van der Waals surface area contributed by atoms with E-state index in [-0.39, 0.29) is 11.9 Å². The van der Waals surface area contributed by atoms with Crippen molar-refractivity contribution < 1.29 is 14.7 Å². The van der Waals surface area contributed by atoms with Gasteiger partial charge in [0.05, 0.1) is 5.92 Å². The van der Waals surface area contributed by atoms with E-state index in [9.17, 15) is 9.59 Å². The minimum atomic E-state index is -0.810. The predicted octanol–water partition coefficient (Wildman–Crippen LogP) is 1.34. The fourth-order valence-corrected chi connectivity index (χ4v) is 2.56. The second-order valence-electron chi connectivity index (χ2n) is 4.92.